The Labute approximate surface area is 234 Å². The van der Waals surface area contributed by atoms with Crippen LogP contribution in [0.3, 0.4) is 0 Å². The predicted molar refractivity (Wildman–Crippen MR) is 149 cm³/mol. The van der Waals surface area contributed by atoms with E-state index in [1.165, 1.54) is 30.3 Å². The van der Waals surface area contributed by atoms with Crippen molar-refractivity contribution in [3.05, 3.63) is 71.1 Å². The molecular formula is C24H24Cl2N5O6PS. The molecule has 1 aliphatic rings. The van der Waals surface area contributed by atoms with Gasteiger partial charge in [0.05, 0.1) is 28.5 Å². The van der Waals surface area contributed by atoms with Gasteiger partial charge in [-0.05, 0) is 55.3 Å². The third-order valence-corrected chi connectivity index (χ3v) is 9.19. The van der Waals surface area contributed by atoms with Crippen molar-refractivity contribution in [2.75, 3.05) is 29.1 Å². The largest absolute Gasteiger partial charge is 0.381 e. The molecule has 0 bridgehead atoms. The average molecular weight is 612 g/mol. The van der Waals surface area contributed by atoms with E-state index in [4.69, 9.17) is 27.9 Å². The summed E-state index contributed by atoms with van der Waals surface area (Å²) in [5, 5.41) is 4.12. The van der Waals surface area contributed by atoms with Crippen molar-refractivity contribution in [1.29, 1.82) is 0 Å². The number of nitrogens with zero attached hydrogens (tertiary/aromatic N) is 4. The number of rotatable bonds is 8. The van der Waals surface area contributed by atoms with Crippen molar-refractivity contribution >= 4 is 63.2 Å². The summed E-state index contributed by atoms with van der Waals surface area (Å²) in [6, 6.07) is 10.4. The molecule has 0 spiro atoms. The van der Waals surface area contributed by atoms with Gasteiger partial charge in [-0.3, -0.25) is 13.4 Å². The predicted octanol–water partition coefficient (Wildman–Crippen LogP) is 4.65. The van der Waals surface area contributed by atoms with Crippen LogP contribution >= 0.6 is 30.8 Å². The second-order valence-electron chi connectivity index (χ2n) is 8.98. The van der Waals surface area contributed by atoms with Gasteiger partial charge < -0.3 is 19.8 Å². The molecule has 0 radical (unpaired) electrons. The van der Waals surface area contributed by atoms with Crippen LogP contribution in [-0.2, 0) is 19.3 Å². The summed E-state index contributed by atoms with van der Waals surface area (Å²) in [4.78, 5) is 28.1. The topological polar surface area (TPSA) is 147 Å². The summed E-state index contributed by atoms with van der Waals surface area (Å²) >= 11 is 12.0. The van der Waals surface area contributed by atoms with Crippen LogP contribution in [0.4, 0.5) is 11.5 Å². The van der Waals surface area contributed by atoms with Crippen LogP contribution in [0.5, 0.6) is 0 Å². The van der Waals surface area contributed by atoms with Gasteiger partial charge in [-0.2, -0.15) is 0 Å². The molecule has 5 rings (SSSR count). The van der Waals surface area contributed by atoms with Crippen molar-refractivity contribution in [3.8, 4) is 5.82 Å². The first-order valence-corrected chi connectivity index (χ1v) is 15.8. The molecule has 3 N–H and O–H groups in total. The van der Waals surface area contributed by atoms with Gasteiger partial charge in [-0.15, -0.1) is 0 Å². The molecule has 2 aromatic carbocycles. The van der Waals surface area contributed by atoms with Crippen LogP contribution in [0.2, 0.25) is 10.0 Å². The molecule has 1 saturated heterocycles. The zero-order valence-corrected chi connectivity index (χ0v) is 23.5. The molecule has 4 aromatic rings. The summed E-state index contributed by atoms with van der Waals surface area (Å²) in [7, 11) is -9.24. The van der Waals surface area contributed by atoms with Gasteiger partial charge in [-0.25, -0.2) is 18.4 Å². The van der Waals surface area contributed by atoms with E-state index in [1.807, 2.05) is 0 Å². The highest BCUT2D eigenvalue weighted by Crippen LogP contribution is 2.40. The number of anilines is 2. The second kappa shape index (κ2) is 11.1. The monoisotopic (exact) mass is 611 g/mol. The summed E-state index contributed by atoms with van der Waals surface area (Å²) in [6.07, 6.45) is 5.75. The standard InChI is InChI=1S/C24H24Cl2N5O6PS/c25-17-10-18(26)12-21(11-17)39(35,36)31(15-38(32,33)34)20-1-2-22-16(9-20)3-6-30(22)24-14-27-23(13-28-24)29-19-4-7-37-8-5-19/h1-3,6,9-14,19H,4-5,7-8,15H2,(H,27,29)(H2,32,33,34). The summed E-state index contributed by atoms with van der Waals surface area (Å²) in [6.45, 7) is 1.42. The van der Waals surface area contributed by atoms with E-state index in [0.29, 0.717) is 40.1 Å². The molecule has 0 amide bonds. The van der Waals surface area contributed by atoms with Crippen molar-refractivity contribution in [3.63, 3.8) is 0 Å². The van der Waals surface area contributed by atoms with E-state index in [0.717, 1.165) is 12.8 Å². The van der Waals surface area contributed by atoms with Crippen molar-refractivity contribution in [1.82, 2.24) is 14.5 Å². The zero-order chi connectivity index (χ0) is 27.8. The summed E-state index contributed by atoms with van der Waals surface area (Å²) < 4.78 is 46.7. The highest BCUT2D eigenvalue weighted by molar-refractivity contribution is 7.93. The third kappa shape index (κ3) is 6.38. The third-order valence-electron chi connectivity index (χ3n) is 6.16. The number of ether oxygens (including phenoxy) is 1. The molecule has 0 aliphatic carbocycles. The van der Waals surface area contributed by atoms with E-state index in [-0.39, 0.29) is 26.7 Å². The molecule has 39 heavy (non-hydrogen) atoms. The lowest BCUT2D eigenvalue weighted by molar-refractivity contribution is 0.0904. The Bertz CT molecular complexity index is 1640. The van der Waals surface area contributed by atoms with Crippen LogP contribution in [0.25, 0.3) is 16.7 Å². The molecular weight excluding hydrogens is 588 g/mol. The lowest BCUT2D eigenvalue weighted by atomic mass is 10.1. The maximum Gasteiger partial charge on any atom is 0.345 e. The minimum absolute atomic E-state index is 0.0572. The van der Waals surface area contributed by atoms with Crippen LogP contribution in [0.15, 0.2) is 66.0 Å². The lowest BCUT2D eigenvalue weighted by Crippen LogP contribution is -2.32. The number of fused-ring (bicyclic) bond motifs is 1. The van der Waals surface area contributed by atoms with E-state index in [9.17, 15) is 22.8 Å². The van der Waals surface area contributed by atoms with Gasteiger partial charge in [0.25, 0.3) is 10.0 Å². The normalized spacial score (nSPS) is 15.0. The highest BCUT2D eigenvalue weighted by Gasteiger charge is 2.32. The van der Waals surface area contributed by atoms with E-state index in [2.05, 4.69) is 15.3 Å². The first-order valence-electron chi connectivity index (χ1n) is 11.8. The molecule has 206 valence electrons. The fraction of sp³-hybridized carbons (Fsp3) is 0.250. The molecule has 1 fully saturated rings. The van der Waals surface area contributed by atoms with Crippen molar-refractivity contribution in [2.24, 2.45) is 0 Å². The van der Waals surface area contributed by atoms with Gasteiger partial charge in [0.2, 0.25) is 0 Å². The highest BCUT2D eigenvalue weighted by atomic mass is 35.5. The molecule has 2 aromatic heterocycles. The van der Waals surface area contributed by atoms with Crippen LogP contribution in [-0.4, -0.2) is 58.3 Å². The second-order valence-corrected chi connectivity index (χ2v) is 13.3. The van der Waals surface area contributed by atoms with E-state index >= 15 is 0 Å². The first kappa shape index (κ1) is 27.9. The first-order chi connectivity index (χ1) is 18.5. The smallest absolute Gasteiger partial charge is 0.345 e. The van der Waals surface area contributed by atoms with E-state index < -0.39 is 23.9 Å². The number of halogens is 2. The lowest BCUT2D eigenvalue weighted by Gasteiger charge is -2.25. The molecule has 1 aliphatic heterocycles. The molecule has 11 nitrogen and oxygen atoms in total. The van der Waals surface area contributed by atoms with Gasteiger partial charge in [-0.1, -0.05) is 23.2 Å². The minimum Gasteiger partial charge on any atom is -0.381 e. The van der Waals surface area contributed by atoms with Crippen LogP contribution in [0.1, 0.15) is 12.8 Å². The quantitative estimate of drug-likeness (QED) is 0.242. The van der Waals surface area contributed by atoms with Crippen LogP contribution in [0, 0.1) is 0 Å². The van der Waals surface area contributed by atoms with Crippen molar-refractivity contribution < 1.29 is 27.5 Å². The van der Waals surface area contributed by atoms with Gasteiger partial charge in [0, 0.05) is 40.9 Å². The molecule has 0 unspecified atom stereocenters. The maximum atomic E-state index is 13.5. The number of hydrogen-bond acceptors (Lipinski definition) is 7. The number of aromatic nitrogens is 3. The van der Waals surface area contributed by atoms with Gasteiger partial charge in [0.1, 0.15) is 12.1 Å². The minimum atomic E-state index is -4.80. The Morgan fingerprint density at radius 1 is 1.05 bits per heavy atom. The molecule has 15 heteroatoms. The number of nitrogens with one attached hydrogen (secondary N) is 1. The number of hydrogen-bond donors (Lipinski definition) is 3. The molecule has 0 saturated carbocycles. The van der Waals surface area contributed by atoms with Crippen molar-refractivity contribution in [2.45, 2.75) is 23.8 Å². The Morgan fingerprint density at radius 3 is 2.41 bits per heavy atom. The average Bonchev–Trinajstić information content (AvgIpc) is 3.30. The Morgan fingerprint density at radius 2 is 1.77 bits per heavy atom. The van der Waals surface area contributed by atoms with Gasteiger partial charge >= 0.3 is 7.60 Å². The Kier molecular flexibility index (Phi) is 7.89. The number of sulfonamides is 1. The zero-order valence-electron chi connectivity index (χ0n) is 20.3. The van der Waals surface area contributed by atoms with E-state index in [1.54, 1.807) is 35.3 Å². The SMILES string of the molecule is O=P(O)(O)CN(c1ccc2c(ccn2-c2cnc(NC3CCOCC3)cn2)c1)S(=O)(=O)c1cc(Cl)cc(Cl)c1. The summed E-state index contributed by atoms with van der Waals surface area (Å²) in [5.74, 6) is 1.20. The Balaban J connectivity index is 1.46. The van der Waals surface area contributed by atoms with Gasteiger partial charge in [0.15, 0.2) is 5.82 Å². The molecule has 0 atom stereocenters. The fourth-order valence-corrected chi connectivity index (χ4v) is 7.73. The number of benzene rings is 2. The fourth-order valence-electron chi connectivity index (χ4n) is 4.32. The Hall–Kier alpha value is -2.70. The maximum absolute atomic E-state index is 13.5. The van der Waals surface area contributed by atoms with Crippen LogP contribution < -0.4 is 9.62 Å². The molecule has 3 heterocycles. The summed E-state index contributed by atoms with van der Waals surface area (Å²) in [5.41, 5.74) is 0.749.